The Kier molecular flexibility index (Phi) is 5.81. The van der Waals surface area contributed by atoms with Gasteiger partial charge in [-0.3, -0.25) is 24.7 Å². The molecule has 34 heavy (non-hydrogen) atoms. The maximum absolute atomic E-state index is 13.4. The van der Waals surface area contributed by atoms with Gasteiger partial charge in [-0.25, -0.2) is 4.99 Å². The zero-order valence-electron chi connectivity index (χ0n) is 18.9. The summed E-state index contributed by atoms with van der Waals surface area (Å²) in [5.41, 5.74) is 5.13. The van der Waals surface area contributed by atoms with E-state index in [1.54, 1.807) is 12.1 Å². The zero-order valence-corrected chi connectivity index (χ0v) is 18.9. The molecule has 1 saturated heterocycles. The summed E-state index contributed by atoms with van der Waals surface area (Å²) >= 11 is 0. The molecule has 1 fully saturated rings. The predicted molar refractivity (Wildman–Crippen MR) is 133 cm³/mol. The molecule has 0 atom stereocenters. The van der Waals surface area contributed by atoms with Crippen LogP contribution in [0.5, 0.6) is 0 Å². The summed E-state index contributed by atoms with van der Waals surface area (Å²) in [6.07, 6.45) is 0. The van der Waals surface area contributed by atoms with Crippen molar-refractivity contribution in [3.63, 3.8) is 0 Å². The molecule has 3 aromatic carbocycles. The molecule has 0 N–H and O–H groups in total. The van der Waals surface area contributed by atoms with Crippen LogP contribution in [0.2, 0.25) is 0 Å². The average Bonchev–Trinajstić information content (AvgIpc) is 3.12. The van der Waals surface area contributed by atoms with Crippen LogP contribution in [0.25, 0.3) is 0 Å². The third-order valence-electron chi connectivity index (χ3n) is 6.38. The minimum absolute atomic E-state index is 0.0812. The Morgan fingerprint density at radius 2 is 1.59 bits per heavy atom. The lowest BCUT2D eigenvalue weighted by Gasteiger charge is -2.37. The summed E-state index contributed by atoms with van der Waals surface area (Å²) in [6.45, 7) is 5.63. The number of benzene rings is 3. The molecule has 0 spiro atoms. The number of para-hydroxylation sites is 2. The summed E-state index contributed by atoms with van der Waals surface area (Å²) < 4.78 is 0. The topological polar surface area (TPSA) is 82.3 Å². The van der Waals surface area contributed by atoms with Crippen molar-refractivity contribution in [1.82, 2.24) is 4.90 Å². The van der Waals surface area contributed by atoms with E-state index in [1.807, 2.05) is 60.4 Å². The van der Waals surface area contributed by atoms with Gasteiger partial charge in [0.1, 0.15) is 5.71 Å². The number of non-ortho nitro benzene ring substituents is 1. The first kappa shape index (κ1) is 21.8. The van der Waals surface area contributed by atoms with Gasteiger partial charge in [0.15, 0.2) is 0 Å². The molecule has 5 rings (SSSR count). The summed E-state index contributed by atoms with van der Waals surface area (Å²) in [5, 5.41) is 10.9. The lowest BCUT2D eigenvalue weighted by Crippen LogP contribution is -2.51. The van der Waals surface area contributed by atoms with Crippen LogP contribution < -0.4 is 9.80 Å². The standard InChI is InChI=1S/C26H25N5O3/c1-19-6-2-4-8-23(19)27-25-22-7-3-5-9-24(22)30(26(25)32)18-28-14-16-29(17-15-28)20-10-12-21(13-11-20)31(33)34/h2-13H,14-18H2,1H3. The SMILES string of the molecule is Cc1ccccc1N=C1C(=O)N(CN2CCN(c3ccc([N+](=O)[O-])cc3)CC2)c2ccccc21. The first-order valence-electron chi connectivity index (χ1n) is 11.3. The number of hydrogen-bond donors (Lipinski definition) is 0. The van der Waals surface area contributed by atoms with Gasteiger partial charge in [-0.15, -0.1) is 0 Å². The third kappa shape index (κ3) is 4.15. The highest BCUT2D eigenvalue weighted by atomic mass is 16.6. The summed E-state index contributed by atoms with van der Waals surface area (Å²) in [5.74, 6) is -0.0812. The Labute approximate surface area is 197 Å². The largest absolute Gasteiger partial charge is 0.369 e. The zero-order chi connectivity index (χ0) is 23.7. The number of carbonyl (C=O) groups is 1. The van der Waals surface area contributed by atoms with Crippen molar-refractivity contribution in [3.8, 4) is 0 Å². The molecule has 8 nitrogen and oxygen atoms in total. The number of piperazine rings is 1. The molecule has 1 amide bonds. The van der Waals surface area contributed by atoms with Crippen LogP contribution in [0.3, 0.4) is 0 Å². The fourth-order valence-electron chi connectivity index (χ4n) is 4.45. The number of aliphatic imine (C=N–C) groups is 1. The molecule has 2 aliphatic heterocycles. The van der Waals surface area contributed by atoms with Crippen molar-refractivity contribution in [2.45, 2.75) is 6.92 Å². The number of hydrogen-bond acceptors (Lipinski definition) is 6. The van der Waals surface area contributed by atoms with E-state index in [0.717, 1.165) is 54.4 Å². The van der Waals surface area contributed by atoms with E-state index < -0.39 is 0 Å². The van der Waals surface area contributed by atoms with Crippen molar-refractivity contribution < 1.29 is 9.72 Å². The van der Waals surface area contributed by atoms with Crippen LogP contribution in [0.15, 0.2) is 77.8 Å². The fourth-order valence-corrected chi connectivity index (χ4v) is 4.45. The highest BCUT2D eigenvalue weighted by Crippen LogP contribution is 2.32. The lowest BCUT2D eigenvalue weighted by atomic mass is 10.1. The molecule has 0 radical (unpaired) electrons. The molecule has 172 valence electrons. The minimum Gasteiger partial charge on any atom is -0.369 e. The maximum atomic E-state index is 13.4. The quantitative estimate of drug-likeness (QED) is 0.426. The Balaban J connectivity index is 1.30. The number of nitrogens with zero attached hydrogens (tertiary/aromatic N) is 5. The Morgan fingerprint density at radius 3 is 2.29 bits per heavy atom. The van der Waals surface area contributed by atoms with Gasteiger partial charge in [0.05, 0.1) is 23.0 Å². The smallest absolute Gasteiger partial charge is 0.278 e. The number of amides is 1. The van der Waals surface area contributed by atoms with E-state index in [2.05, 4.69) is 9.80 Å². The molecular weight excluding hydrogens is 430 g/mol. The van der Waals surface area contributed by atoms with Gasteiger partial charge in [0.2, 0.25) is 0 Å². The molecule has 0 aliphatic carbocycles. The number of carbonyl (C=O) groups excluding carboxylic acids is 1. The van der Waals surface area contributed by atoms with E-state index in [4.69, 9.17) is 4.99 Å². The second kappa shape index (κ2) is 9.07. The number of nitro groups is 1. The Hall–Kier alpha value is -4.04. The molecule has 2 aliphatic rings. The van der Waals surface area contributed by atoms with E-state index in [9.17, 15) is 14.9 Å². The number of aryl methyl sites for hydroxylation is 1. The van der Waals surface area contributed by atoms with Crippen molar-refractivity contribution in [1.29, 1.82) is 0 Å². The molecular formula is C26H25N5O3. The second-order valence-electron chi connectivity index (χ2n) is 8.52. The second-order valence-corrected chi connectivity index (χ2v) is 8.52. The van der Waals surface area contributed by atoms with E-state index >= 15 is 0 Å². The Morgan fingerprint density at radius 1 is 0.912 bits per heavy atom. The number of nitro benzene ring substituents is 1. The van der Waals surface area contributed by atoms with Gasteiger partial charge >= 0.3 is 0 Å². The summed E-state index contributed by atoms with van der Waals surface area (Å²) in [4.78, 5) is 35.0. The maximum Gasteiger partial charge on any atom is 0.278 e. The number of anilines is 2. The first-order chi connectivity index (χ1) is 16.5. The molecule has 0 aromatic heterocycles. The monoisotopic (exact) mass is 455 g/mol. The van der Waals surface area contributed by atoms with Gasteiger partial charge in [0, 0.05) is 49.6 Å². The van der Waals surface area contributed by atoms with Crippen LogP contribution >= 0.6 is 0 Å². The normalized spacial score (nSPS) is 17.3. The molecule has 3 aromatic rings. The average molecular weight is 456 g/mol. The fraction of sp³-hybridized carbons (Fsp3) is 0.231. The molecule has 2 heterocycles. The number of rotatable bonds is 5. The van der Waals surface area contributed by atoms with Gasteiger partial charge < -0.3 is 4.90 Å². The van der Waals surface area contributed by atoms with E-state index in [1.165, 1.54) is 12.1 Å². The van der Waals surface area contributed by atoms with Gasteiger partial charge in [-0.1, -0.05) is 36.4 Å². The van der Waals surface area contributed by atoms with Crippen molar-refractivity contribution >= 4 is 34.4 Å². The highest BCUT2D eigenvalue weighted by molar-refractivity contribution is 6.54. The minimum atomic E-state index is -0.386. The lowest BCUT2D eigenvalue weighted by molar-refractivity contribution is -0.384. The van der Waals surface area contributed by atoms with Crippen LogP contribution in [0.1, 0.15) is 11.1 Å². The highest BCUT2D eigenvalue weighted by Gasteiger charge is 2.35. The van der Waals surface area contributed by atoms with Gasteiger partial charge in [-0.05, 0) is 36.8 Å². The molecule has 0 saturated carbocycles. The van der Waals surface area contributed by atoms with Crippen LogP contribution in [-0.4, -0.2) is 54.3 Å². The summed E-state index contributed by atoms with van der Waals surface area (Å²) in [7, 11) is 0. The van der Waals surface area contributed by atoms with Gasteiger partial charge in [-0.2, -0.15) is 0 Å². The van der Waals surface area contributed by atoms with Crippen molar-refractivity contribution in [3.05, 3.63) is 94.0 Å². The number of fused-ring (bicyclic) bond motifs is 1. The molecule has 8 heteroatoms. The first-order valence-corrected chi connectivity index (χ1v) is 11.3. The molecule has 0 bridgehead atoms. The molecule has 0 unspecified atom stereocenters. The van der Waals surface area contributed by atoms with Crippen molar-refractivity contribution in [2.75, 3.05) is 42.6 Å². The predicted octanol–water partition coefficient (Wildman–Crippen LogP) is 4.15. The van der Waals surface area contributed by atoms with Gasteiger partial charge in [0.25, 0.3) is 11.6 Å². The van der Waals surface area contributed by atoms with Crippen LogP contribution in [0.4, 0.5) is 22.7 Å². The van der Waals surface area contributed by atoms with Crippen LogP contribution in [0, 0.1) is 17.0 Å². The van der Waals surface area contributed by atoms with E-state index in [-0.39, 0.29) is 16.5 Å². The third-order valence-corrected chi connectivity index (χ3v) is 6.38. The van der Waals surface area contributed by atoms with Crippen molar-refractivity contribution in [2.24, 2.45) is 4.99 Å². The summed E-state index contributed by atoms with van der Waals surface area (Å²) in [6, 6.07) is 22.3. The van der Waals surface area contributed by atoms with Crippen LogP contribution in [-0.2, 0) is 4.79 Å². The Bertz CT molecular complexity index is 1260. The van der Waals surface area contributed by atoms with E-state index in [0.29, 0.717) is 12.4 Å².